The number of halogens is 1. The van der Waals surface area contributed by atoms with Gasteiger partial charge in [-0.2, -0.15) is 0 Å². The van der Waals surface area contributed by atoms with Crippen molar-refractivity contribution in [3.05, 3.63) is 52.5 Å². The molecule has 0 fully saturated rings. The second kappa shape index (κ2) is 10.2. The van der Waals surface area contributed by atoms with Gasteiger partial charge in [-0.1, -0.05) is 30.7 Å². The molecule has 0 radical (unpaired) electrons. The number of ether oxygens (including phenoxy) is 2. The van der Waals surface area contributed by atoms with E-state index in [1.54, 1.807) is 26.2 Å². The monoisotopic (exact) mass is 468 g/mol. The third-order valence-corrected chi connectivity index (χ3v) is 6.56. The van der Waals surface area contributed by atoms with Gasteiger partial charge in [0.2, 0.25) is 15.9 Å². The van der Waals surface area contributed by atoms with Crippen molar-refractivity contribution >= 4 is 33.2 Å². The van der Waals surface area contributed by atoms with Crippen molar-refractivity contribution in [2.45, 2.75) is 39.3 Å². The molecule has 170 valence electrons. The highest BCUT2D eigenvalue weighted by Gasteiger charge is 2.30. The van der Waals surface area contributed by atoms with Crippen molar-refractivity contribution in [1.82, 2.24) is 5.32 Å². The van der Waals surface area contributed by atoms with Crippen molar-refractivity contribution in [2.75, 3.05) is 24.8 Å². The third-order valence-electron chi connectivity index (χ3n) is 5.02. The summed E-state index contributed by atoms with van der Waals surface area (Å²) in [5.74, 6) is 0.757. The van der Waals surface area contributed by atoms with Crippen LogP contribution in [0.3, 0.4) is 0 Å². The fourth-order valence-electron chi connectivity index (χ4n) is 3.43. The molecule has 31 heavy (non-hydrogen) atoms. The maximum absolute atomic E-state index is 13.1. The van der Waals surface area contributed by atoms with Crippen LogP contribution in [-0.4, -0.2) is 40.8 Å². The molecule has 0 unspecified atom stereocenters. The lowest BCUT2D eigenvalue weighted by Crippen LogP contribution is -2.48. The zero-order valence-electron chi connectivity index (χ0n) is 18.6. The topological polar surface area (TPSA) is 84.9 Å². The molecule has 1 N–H and O–H groups in total. The van der Waals surface area contributed by atoms with E-state index in [1.165, 1.54) is 13.2 Å². The Kier molecular flexibility index (Phi) is 8.20. The first-order chi connectivity index (χ1) is 14.5. The Morgan fingerprint density at radius 1 is 1.13 bits per heavy atom. The van der Waals surface area contributed by atoms with Gasteiger partial charge in [-0.05, 0) is 55.7 Å². The Morgan fingerprint density at radius 2 is 1.74 bits per heavy atom. The number of amides is 1. The summed E-state index contributed by atoms with van der Waals surface area (Å²) in [6.07, 6.45) is 1.69. The SMILES string of the molecule is CC[C@@H](NC(=O)[C@@H](C)N(c1ccc(OC)c(Cl)c1)S(C)(=O)=O)c1ccc(OC)c(C)c1. The number of methoxy groups -OCH3 is 2. The van der Waals surface area contributed by atoms with Gasteiger partial charge in [0.1, 0.15) is 17.5 Å². The highest BCUT2D eigenvalue weighted by atomic mass is 35.5. The van der Waals surface area contributed by atoms with Crippen molar-refractivity contribution in [3.63, 3.8) is 0 Å². The quantitative estimate of drug-likeness (QED) is 0.599. The number of sulfonamides is 1. The molecule has 0 aliphatic heterocycles. The standard InChI is InChI=1S/C22H29ClN2O5S/c1-7-19(16-8-10-20(29-4)14(2)12-16)24-22(26)15(3)25(31(6,27)28)17-9-11-21(30-5)18(23)13-17/h8-13,15,19H,7H2,1-6H3,(H,24,26)/t15-,19-/m1/s1. The normalized spacial score (nSPS) is 13.3. The van der Waals surface area contributed by atoms with Gasteiger partial charge in [-0.25, -0.2) is 8.42 Å². The van der Waals surface area contributed by atoms with E-state index in [-0.39, 0.29) is 16.8 Å². The fraction of sp³-hybridized carbons (Fsp3) is 0.409. The van der Waals surface area contributed by atoms with Crippen LogP contribution >= 0.6 is 11.6 Å². The number of nitrogens with zero attached hydrogens (tertiary/aromatic N) is 1. The molecule has 0 aromatic heterocycles. The van der Waals surface area contributed by atoms with E-state index < -0.39 is 22.0 Å². The number of carbonyl (C=O) groups excluding carboxylic acids is 1. The molecular formula is C22H29ClN2O5S. The summed E-state index contributed by atoms with van der Waals surface area (Å²) in [5, 5.41) is 3.21. The Labute approximate surface area is 189 Å². The van der Waals surface area contributed by atoms with Crippen LogP contribution in [0.1, 0.15) is 37.4 Å². The largest absolute Gasteiger partial charge is 0.496 e. The summed E-state index contributed by atoms with van der Waals surface area (Å²) in [6, 6.07) is 9.02. The zero-order chi connectivity index (χ0) is 23.3. The minimum absolute atomic E-state index is 0.251. The summed E-state index contributed by atoms with van der Waals surface area (Å²) in [4.78, 5) is 13.1. The molecular weight excluding hydrogens is 440 g/mol. The molecule has 0 spiro atoms. The first-order valence-electron chi connectivity index (χ1n) is 9.81. The van der Waals surface area contributed by atoms with Crippen molar-refractivity contribution in [1.29, 1.82) is 0 Å². The average molecular weight is 469 g/mol. The lowest BCUT2D eigenvalue weighted by molar-refractivity contribution is -0.122. The molecule has 0 heterocycles. The van der Waals surface area contributed by atoms with Gasteiger partial charge in [0, 0.05) is 0 Å². The van der Waals surface area contributed by atoms with E-state index in [1.807, 2.05) is 32.0 Å². The minimum Gasteiger partial charge on any atom is -0.496 e. The van der Waals surface area contributed by atoms with E-state index >= 15 is 0 Å². The number of carbonyl (C=O) groups is 1. The summed E-state index contributed by atoms with van der Waals surface area (Å²) in [6.45, 7) is 5.42. The second-order valence-corrected chi connectivity index (χ2v) is 9.52. The fourth-order valence-corrected chi connectivity index (χ4v) is 4.85. The van der Waals surface area contributed by atoms with Gasteiger partial charge in [-0.3, -0.25) is 9.10 Å². The molecule has 7 nitrogen and oxygen atoms in total. The molecule has 2 rings (SSSR count). The van der Waals surface area contributed by atoms with Crippen molar-refractivity contribution < 1.29 is 22.7 Å². The van der Waals surface area contributed by atoms with Gasteiger partial charge < -0.3 is 14.8 Å². The van der Waals surface area contributed by atoms with Gasteiger partial charge in [0.25, 0.3) is 0 Å². The van der Waals surface area contributed by atoms with Crippen LogP contribution in [0.2, 0.25) is 5.02 Å². The van der Waals surface area contributed by atoms with E-state index in [2.05, 4.69) is 5.32 Å². The van der Waals surface area contributed by atoms with Crippen molar-refractivity contribution in [3.8, 4) is 11.5 Å². The van der Waals surface area contributed by atoms with Gasteiger partial charge >= 0.3 is 0 Å². The molecule has 0 saturated heterocycles. The van der Waals surface area contributed by atoms with Gasteiger partial charge in [0.15, 0.2) is 0 Å². The number of aryl methyl sites for hydroxylation is 1. The lowest BCUT2D eigenvalue weighted by Gasteiger charge is -2.30. The minimum atomic E-state index is -3.76. The molecule has 1 amide bonds. The summed E-state index contributed by atoms with van der Waals surface area (Å²) in [5.41, 5.74) is 2.15. The Hall–Kier alpha value is -2.45. The van der Waals surface area contributed by atoms with Gasteiger partial charge in [-0.15, -0.1) is 0 Å². The number of anilines is 1. The summed E-state index contributed by atoms with van der Waals surface area (Å²) < 4.78 is 36.6. The summed E-state index contributed by atoms with van der Waals surface area (Å²) >= 11 is 6.18. The number of hydrogen-bond acceptors (Lipinski definition) is 5. The molecule has 2 atom stereocenters. The number of nitrogens with one attached hydrogen (secondary N) is 1. The average Bonchev–Trinajstić information content (AvgIpc) is 2.70. The molecule has 0 aliphatic rings. The number of hydrogen-bond donors (Lipinski definition) is 1. The van der Waals surface area contributed by atoms with E-state index in [4.69, 9.17) is 21.1 Å². The molecule has 9 heteroatoms. The van der Waals surface area contributed by atoms with Crippen molar-refractivity contribution in [2.24, 2.45) is 0 Å². The maximum atomic E-state index is 13.1. The zero-order valence-corrected chi connectivity index (χ0v) is 20.2. The highest BCUT2D eigenvalue weighted by Crippen LogP contribution is 2.31. The molecule has 0 aliphatic carbocycles. The van der Waals surface area contributed by atoms with Crippen LogP contribution in [0.15, 0.2) is 36.4 Å². The van der Waals surface area contributed by atoms with Crippen LogP contribution in [0.5, 0.6) is 11.5 Å². The number of rotatable bonds is 9. The van der Waals surface area contributed by atoms with E-state index in [9.17, 15) is 13.2 Å². The number of benzene rings is 2. The van der Waals surface area contributed by atoms with E-state index in [0.717, 1.165) is 27.4 Å². The Balaban J connectivity index is 2.32. The smallest absolute Gasteiger partial charge is 0.244 e. The summed E-state index contributed by atoms with van der Waals surface area (Å²) in [7, 11) is -0.690. The highest BCUT2D eigenvalue weighted by molar-refractivity contribution is 7.92. The lowest BCUT2D eigenvalue weighted by atomic mass is 10.0. The van der Waals surface area contributed by atoms with Crippen LogP contribution in [0.4, 0.5) is 5.69 Å². The molecule has 0 saturated carbocycles. The van der Waals surface area contributed by atoms with E-state index in [0.29, 0.717) is 12.2 Å². The molecule has 2 aromatic rings. The maximum Gasteiger partial charge on any atom is 0.244 e. The first kappa shape index (κ1) is 24.8. The first-order valence-corrected chi connectivity index (χ1v) is 12.0. The predicted molar refractivity (Wildman–Crippen MR) is 124 cm³/mol. The predicted octanol–water partition coefficient (Wildman–Crippen LogP) is 4.09. The molecule has 0 bridgehead atoms. The molecule has 2 aromatic carbocycles. The third kappa shape index (κ3) is 5.83. The van der Waals surface area contributed by atoms with Crippen LogP contribution in [-0.2, 0) is 14.8 Å². The Bertz CT molecular complexity index is 1040. The second-order valence-electron chi connectivity index (χ2n) is 7.25. The van der Waals surface area contributed by atoms with Gasteiger partial charge in [0.05, 0.1) is 37.2 Å². The Morgan fingerprint density at radius 3 is 2.23 bits per heavy atom. The van der Waals surface area contributed by atoms with Crippen LogP contribution < -0.4 is 19.1 Å². The van der Waals surface area contributed by atoms with Crippen LogP contribution in [0, 0.1) is 6.92 Å². The van der Waals surface area contributed by atoms with Crippen LogP contribution in [0.25, 0.3) is 0 Å².